The Morgan fingerprint density at radius 3 is 2.29 bits per heavy atom. The van der Waals surface area contributed by atoms with Crippen molar-refractivity contribution in [2.75, 3.05) is 0 Å². The summed E-state index contributed by atoms with van der Waals surface area (Å²) in [5, 5.41) is 14.8. The highest BCUT2D eigenvalue weighted by molar-refractivity contribution is 6.17. The van der Waals surface area contributed by atoms with Crippen LogP contribution in [0.5, 0.6) is 0 Å². The Morgan fingerprint density at radius 1 is 0.605 bits per heavy atom. The average molecular weight is 487 g/mol. The summed E-state index contributed by atoms with van der Waals surface area (Å²) in [4.78, 5) is 10.2. The van der Waals surface area contributed by atoms with Crippen molar-refractivity contribution in [2.24, 2.45) is 0 Å². The fraction of sp³-hybridized carbons (Fsp3) is 0. The predicted octanol–water partition coefficient (Wildman–Crippen LogP) is 8.16. The van der Waals surface area contributed by atoms with Crippen LogP contribution < -0.4 is 0 Å². The number of hydrogen-bond acceptors (Lipinski definition) is 4. The van der Waals surface area contributed by atoms with Gasteiger partial charge < -0.3 is 4.42 Å². The second-order valence-electron chi connectivity index (χ2n) is 9.40. The summed E-state index contributed by atoms with van der Waals surface area (Å²) < 4.78 is 8.35. The summed E-state index contributed by atoms with van der Waals surface area (Å²) in [5.41, 5.74) is 6.87. The quantitative estimate of drug-likeness (QED) is 0.247. The molecule has 0 saturated carbocycles. The lowest BCUT2D eigenvalue weighted by molar-refractivity contribution is 0.669. The standard InChI is InChI=1S/C33H18N4O/c34-19-20-8-7-9-21(16-20)32-24-12-1-4-13-27(24)35-33(36-32)37-28-14-5-2-10-22(28)25-18-31-26(17-29(25)37)23-11-3-6-15-30(23)38-31/h1-18H. The number of furan rings is 1. The van der Waals surface area contributed by atoms with Crippen LogP contribution in [0.4, 0.5) is 0 Å². The number of hydrogen-bond donors (Lipinski definition) is 0. The SMILES string of the molecule is N#Cc1cccc(-c2nc(-n3c4ccccc4c4cc5oc6ccccc6c5cc43)nc3ccccc23)c1. The second kappa shape index (κ2) is 7.76. The molecule has 0 aliphatic carbocycles. The molecule has 3 aromatic heterocycles. The molecule has 0 atom stereocenters. The minimum atomic E-state index is 0.583. The maximum atomic E-state index is 9.51. The van der Waals surface area contributed by atoms with Gasteiger partial charge in [-0.3, -0.25) is 4.57 Å². The van der Waals surface area contributed by atoms with Gasteiger partial charge in [0.05, 0.1) is 33.9 Å². The lowest BCUT2D eigenvalue weighted by Crippen LogP contribution is -2.03. The maximum Gasteiger partial charge on any atom is 0.235 e. The number of fused-ring (bicyclic) bond motifs is 7. The summed E-state index contributed by atoms with van der Waals surface area (Å²) >= 11 is 0. The van der Waals surface area contributed by atoms with Gasteiger partial charge in [0.1, 0.15) is 11.2 Å². The normalized spacial score (nSPS) is 11.7. The van der Waals surface area contributed by atoms with Crippen molar-refractivity contribution in [1.29, 1.82) is 5.26 Å². The Morgan fingerprint density at radius 2 is 1.39 bits per heavy atom. The van der Waals surface area contributed by atoms with Crippen molar-refractivity contribution in [3.05, 3.63) is 115 Å². The fourth-order valence-corrected chi connectivity index (χ4v) is 5.52. The first-order valence-electron chi connectivity index (χ1n) is 12.4. The van der Waals surface area contributed by atoms with Crippen LogP contribution >= 0.6 is 0 Å². The Bertz CT molecular complexity index is 2270. The van der Waals surface area contributed by atoms with E-state index < -0.39 is 0 Å². The van der Waals surface area contributed by atoms with Gasteiger partial charge in [-0.15, -0.1) is 0 Å². The van der Waals surface area contributed by atoms with Crippen molar-refractivity contribution >= 4 is 54.6 Å². The molecule has 0 spiro atoms. The van der Waals surface area contributed by atoms with Gasteiger partial charge in [-0.05, 0) is 42.5 Å². The van der Waals surface area contributed by atoms with E-state index in [1.165, 1.54) is 0 Å². The third-order valence-electron chi connectivity index (χ3n) is 7.23. The Balaban J connectivity index is 1.51. The molecule has 0 radical (unpaired) electrons. The van der Waals surface area contributed by atoms with Gasteiger partial charge in [0.25, 0.3) is 0 Å². The summed E-state index contributed by atoms with van der Waals surface area (Å²) in [6.07, 6.45) is 0. The smallest absolute Gasteiger partial charge is 0.235 e. The Labute approximate surface area is 216 Å². The van der Waals surface area contributed by atoms with Crippen LogP contribution in [0.25, 0.3) is 71.9 Å². The molecule has 5 aromatic carbocycles. The van der Waals surface area contributed by atoms with E-state index in [9.17, 15) is 5.26 Å². The van der Waals surface area contributed by atoms with E-state index in [1.54, 1.807) is 6.07 Å². The minimum absolute atomic E-state index is 0.583. The van der Waals surface area contributed by atoms with Crippen LogP contribution in [0.1, 0.15) is 5.56 Å². The second-order valence-corrected chi connectivity index (χ2v) is 9.40. The van der Waals surface area contributed by atoms with E-state index in [-0.39, 0.29) is 0 Å². The third kappa shape index (κ3) is 2.92. The zero-order valence-corrected chi connectivity index (χ0v) is 20.1. The van der Waals surface area contributed by atoms with Gasteiger partial charge in [0.2, 0.25) is 5.95 Å². The van der Waals surface area contributed by atoms with Gasteiger partial charge >= 0.3 is 0 Å². The van der Waals surface area contributed by atoms with Crippen molar-refractivity contribution < 1.29 is 4.42 Å². The summed E-state index contributed by atoms with van der Waals surface area (Å²) in [6.45, 7) is 0. The molecule has 8 aromatic rings. The molecule has 0 N–H and O–H groups in total. The van der Waals surface area contributed by atoms with Crippen molar-refractivity contribution in [3.8, 4) is 23.3 Å². The van der Waals surface area contributed by atoms with E-state index in [0.717, 1.165) is 65.9 Å². The van der Waals surface area contributed by atoms with E-state index >= 15 is 0 Å². The Hall–Kier alpha value is -5.47. The summed E-state index contributed by atoms with van der Waals surface area (Å²) in [5.74, 6) is 0.583. The van der Waals surface area contributed by atoms with E-state index in [2.05, 4.69) is 47.0 Å². The minimum Gasteiger partial charge on any atom is -0.456 e. The molecule has 0 aliphatic rings. The van der Waals surface area contributed by atoms with E-state index in [1.807, 2.05) is 66.7 Å². The van der Waals surface area contributed by atoms with Crippen molar-refractivity contribution in [2.45, 2.75) is 0 Å². The van der Waals surface area contributed by atoms with Crippen molar-refractivity contribution in [3.63, 3.8) is 0 Å². The third-order valence-corrected chi connectivity index (χ3v) is 7.23. The molecule has 0 amide bonds. The number of benzene rings is 5. The topological polar surface area (TPSA) is 67.6 Å². The molecule has 0 saturated heterocycles. The highest BCUT2D eigenvalue weighted by atomic mass is 16.3. The molecule has 0 aliphatic heterocycles. The molecule has 0 bridgehead atoms. The number of rotatable bonds is 2. The first-order valence-corrected chi connectivity index (χ1v) is 12.4. The predicted molar refractivity (Wildman–Crippen MR) is 151 cm³/mol. The van der Waals surface area contributed by atoms with Crippen LogP contribution in [0.15, 0.2) is 114 Å². The van der Waals surface area contributed by atoms with Gasteiger partial charge in [0, 0.05) is 32.5 Å². The largest absolute Gasteiger partial charge is 0.456 e. The summed E-state index contributed by atoms with van der Waals surface area (Å²) in [6, 6.07) is 38.6. The number of aromatic nitrogens is 3. The number of para-hydroxylation sites is 3. The van der Waals surface area contributed by atoms with Gasteiger partial charge in [0.15, 0.2) is 0 Å². The monoisotopic (exact) mass is 486 g/mol. The zero-order valence-electron chi connectivity index (χ0n) is 20.1. The molecular formula is C33H18N4O. The van der Waals surface area contributed by atoms with E-state index in [0.29, 0.717) is 11.5 Å². The Kier molecular flexibility index (Phi) is 4.23. The summed E-state index contributed by atoms with van der Waals surface area (Å²) in [7, 11) is 0. The zero-order chi connectivity index (χ0) is 25.2. The molecule has 5 nitrogen and oxygen atoms in total. The number of nitriles is 1. The van der Waals surface area contributed by atoms with Crippen molar-refractivity contribution in [1.82, 2.24) is 14.5 Å². The first kappa shape index (κ1) is 20.7. The van der Waals surface area contributed by atoms with Crippen LogP contribution in [-0.4, -0.2) is 14.5 Å². The molecular weight excluding hydrogens is 468 g/mol. The van der Waals surface area contributed by atoms with E-state index in [4.69, 9.17) is 14.4 Å². The molecule has 5 heteroatoms. The highest BCUT2D eigenvalue weighted by Crippen LogP contribution is 2.38. The van der Waals surface area contributed by atoms with Gasteiger partial charge in [-0.2, -0.15) is 5.26 Å². The molecule has 3 heterocycles. The molecule has 0 unspecified atom stereocenters. The fourth-order valence-electron chi connectivity index (χ4n) is 5.52. The lowest BCUT2D eigenvalue weighted by atomic mass is 10.0. The van der Waals surface area contributed by atoms with Gasteiger partial charge in [-0.1, -0.05) is 66.7 Å². The lowest BCUT2D eigenvalue weighted by Gasteiger charge is -2.12. The average Bonchev–Trinajstić information content (AvgIpc) is 3.50. The molecule has 176 valence electrons. The van der Waals surface area contributed by atoms with Crippen LogP contribution in [-0.2, 0) is 0 Å². The number of nitrogens with zero attached hydrogens (tertiary/aromatic N) is 4. The highest BCUT2D eigenvalue weighted by Gasteiger charge is 2.19. The van der Waals surface area contributed by atoms with Crippen LogP contribution in [0.3, 0.4) is 0 Å². The maximum absolute atomic E-state index is 9.51. The van der Waals surface area contributed by atoms with Crippen LogP contribution in [0.2, 0.25) is 0 Å². The molecule has 8 rings (SSSR count). The first-order chi connectivity index (χ1) is 18.8. The molecule has 38 heavy (non-hydrogen) atoms. The van der Waals surface area contributed by atoms with Crippen LogP contribution in [0, 0.1) is 11.3 Å². The van der Waals surface area contributed by atoms with Gasteiger partial charge in [-0.25, -0.2) is 9.97 Å². The molecule has 0 fully saturated rings.